The van der Waals surface area contributed by atoms with Crippen molar-refractivity contribution in [1.29, 1.82) is 0 Å². The van der Waals surface area contributed by atoms with Gasteiger partial charge in [-0.1, -0.05) is 29.3 Å². The number of urea groups is 1. The maximum Gasteiger partial charge on any atom is 0.315 e. The van der Waals surface area contributed by atoms with Gasteiger partial charge in [0.25, 0.3) is 0 Å². The topological polar surface area (TPSA) is 41.1 Å². The van der Waals surface area contributed by atoms with Crippen LogP contribution in [0.1, 0.15) is 24.1 Å². The van der Waals surface area contributed by atoms with E-state index in [-0.39, 0.29) is 12.1 Å². The van der Waals surface area contributed by atoms with Gasteiger partial charge in [-0.25, -0.2) is 4.79 Å². The van der Waals surface area contributed by atoms with Crippen LogP contribution in [0.15, 0.2) is 35.0 Å². The fraction of sp³-hybridized carbons (Fsp3) is 0.214. The second kappa shape index (κ2) is 6.97. The van der Waals surface area contributed by atoms with Crippen molar-refractivity contribution in [2.24, 2.45) is 0 Å². The Morgan fingerprint density at radius 3 is 2.80 bits per heavy atom. The first-order valence-corrected chi connectivity index (χ1v) is 7.76. The van der Waals surface area contributed by atoms with Crippen molar-refractivity contribution < 1.29 is 4.79 Å². The first-order valence-electron chi connectivity index (χ1n) is 6.06. The van der Waals surface area contributed by atoms with Crippen molar-refractivity contribution in [2.75, 3.05) is 0 Å². The van der Waals surface area contributed by atoms with Crippen LogP contribution < -0.4 is 10.6 Å². The van der Waals surface area contributed by atoms with Crippen LogP contribution in [0.5, 0.6) is 0 Å². The number of halogens is 2. The molecule has 1 aromatic heterocycles. The molecule has 6 heteroatoms. The molecule has 0 radical (unpaired) electrons. The van der Waals surface area contributed by atoms with Gasteiger partial charge in [-0.2, -0.15) is 11.3 Å². The smallest absolute Gasteiger partial charge is 0.315 e. The molecule has 0 aliphatic heterocycles. The molecule has 3 nitrogen and oxygen atoms in total. The number of benzene rings is 1. The van der Waals surface area contributed by atoms with Crippen LogP contribution >= 0.6 is 34.5 Å². The molecule has 106 valence electrons. The number of carbonyl (C=O) groups is 1. The van der Waals surface area contributed by atoms with Crippen molar-refractivity contribution >= 4 is 40.6 Å². The molecule has 2 rings (SSSR count). The van der Waals surface area contributed by atoms with Crippen molar-refractivity contribution in [3.63, 3.8) is 0 Å². The van der Waals surface area contributed by atoms with E-state index in [9.17, 15) is 4.79 Å². The molecule has 1 atom stereocenters. The van der Waals surface area contributed by atoms with E-state index < -0.39 is 0 Å². The summed E-state index contributed by atoms with van der Waals surface area (Å²) in [6, 6.07) is 6.79. The first kappa shape index (κ1) is 15.2. The SMILES string of the molecule is CC(NC(=O)NCc1ccsc1)c1ccc(Cl)cc1Cl. The maximum atomic E-state index is 11.8. The molecule has 1 aromatic carbocycles. The summed E-state index contributed by atoms with van der Waals surface area (Å²) >= 11 is 13.6. The normalized spacial score (nSPS) is 11.9. The molecule has 0 aliphatic carbocycles. The Balaban J connectivity index is 1.90. The van der Waals surface area contributed by atoms with Crippen molar-refractivity contribution in [3.8, 4) is 0 Å². The summed E-state index contributed by atoms with van der Waals surface area (Å²) in [6.45, 7) is 2.38. The number of rotatable bonds is 4. The number of carbonyl (C=O) groups excluding carboxylic acids is 1. The van der Waals surface area contributed by atoms with Crippen molar-refractivity contribution in [2.45, 2.75) is 19.5 Å². The third kappa shape index (κ3) is 4.13. The molecule has 1 heterocycles. The Bertz CT molecular complexity index is 587. The van der Waals surface area contributed by atoms with Crippen molar-refractivity contribution in [3.05, 3.63) is 56.2 Å². The van der Waals surface area contributed by atoms with Gasteiger partial charge in [-0.05, 0) is 47.0 Å². The molecule has 0 spiro atoms. The molecule has 0 saturated carbocycles. The monoisotopic (exact) mass is 328 g/mol. The second-order valence-electron chi connectivity index (χ2n) is 4.35. The average Bonchev–Trinajstić information content (AvgIpc) is 2.89. The van der Waals surface area contributed by atoms with E-state index in [1.807, 2.05) is 29.8 Å². The fourth-order valence-electron chi connectivity index (χ4n) is 1.75. The second-order valence-corrected chi connectivity index (χ2v) is 5.97. The Morgan fingerprint density at radius 2 is 2.15 bits per heavy atom. The van der Waals surface area contributed by atoms with Gasteiger partial charge in [0.05, 0.1) is 6.04 Å². The Hall–Kier alpha value is -1.23. The summed E-state index contributed by atoms with van der Waals surface area (Å²) in [7, 11) is 0. The standard InChI is InChI=1S/C14H14Cl2N2OS/c1-9(12-3-2-11(15)6-13(12)16)18-14(19)17-7-10-4-5-20-8-10/h2-6,8-9H,7H2,1H3,(H2,17,18,19). The summed E-state index contributed by atoms with van der Waals surface area (Å²) in [5.41, 5.74) is 1.92. The van der Waals surface area contributed by atoms with Crippen LogP contribution in [0, 0.1) is 0 Å². The quantitative estimate of drug-likeness (QED) is 0.845. The zero-order valence-electron chi connectivity index (χ0n) is 10.8. The summed E-state index contributed by atoms with van der Waals surface area (Å²) < 4.78 is 0. The predicted octanol–water partition coefficient (Wildman–Crippen LogP) is 4.62. The number of hydrogen-bond donors (Lipinski definition) is 2. The predicted molar refractivity (Wildman–Crippen MR) is 84.6 cm³/mol. The molecule has 0 bridgehead atoms. The molecule has 1 unspecified atom stereocenters. The summed E-state index contributed by atoms with van der Waals surface area (Å²) in [5, 5.41) is 10.7. The lowest BCUT2D eigenvalue weighted by Crippen LogP contribution is -2.36. The fourth-order valence-corrected chi connectivity index (χ4v) is 2.99. The highest BCUT2D eigenvalue weighted by Gasteiger charge is 2.12. The molecule has 0 fully saturated rings. The summed E-state index contributed by atoms with van der Waals surface area (Å²) in [5.74, 6) is 0. The molecule has 20 heavy (non-hydrogen) atoms. The largest absolute Gasteiger partial charge is 0.334 e. The van der Waals surface area contributed by atoms with Crippen molar-refractivity contribution in [1.82, 2.24) is 10.6 Å². The van der Waals surface area contributed by atoms with E-state index in [0.29, 0.717) is 16.6 Å². The van der Waals surface area contributed by atoms with Crippen LogP contribution in [0.2, 0.25) is 10.0 Å². The third-order valence-corrected chi connectivity index (χ3v) is 4.10. The molecule has 2 aromatic rings. The van der Waals surface area contributed by atoms with Crippen LogP contribution in [0.3, 0.4) is 0 Å². The van der Waals surface area contributed by atoms with Gasteiger partial charge < -0.3 is 10.6 Å². The van der Waals surface area contributed by atoms with Crippen LogP contribution in [0.25, 0.3) is 0 Å². The zero-order chi connectivity index (χ0) is 14.5. The van der Waals surface area contributed by atoms with E-state index in [0.717, 1.165) is 11.1 Å². The molecular formula is C14H14Cl2N2OS. The van der Waals surface area contributed by atoms with E-state index in [1.165, 1.54) is 0 Å². The highest BCUT2D eigenvalue weighted by atomic mass is 35.5. The summed E-state index contributed by atoms with van der Waals surface area (Å²) in [6.07, 6.45) is 0. The minimum Gasteiger partial charge on any atom is -0.334 e. The molecule has 0 saturated heterocycles. The lowest BCUT2D eigenvalue weighted by molar-refractivity contribution is 0.237. The van der Waals surface area contributed by atoms with Gasteiger partial charge in [0.15, 0.2) is 0 Å². The zero-order valence-corrected chi connectivity index (χ0v) is 13.1. The number of nitrogens with one attached hydrogen (secondary N) is 2. The lowest BCUT2D eigenvalue weighted by Gasteiger charge is -2.16. The minimum atomic E-state index is -0.227. The average molecular weight is 329 g/mol. The van der Waals surface area contributed by atoms with Gasteiger partial charge in [-0.3, -0.25) is 0 Å². The lowest BCUT2D eigenvalue weighted by atomic mass is 10.1. The Morgan fingerprint density at radius 1 is 1.35 bits per heavy atom. The Labute approximate surface area is 131 Å². The Kier molecular flexibility index (Phi) is 5.29. The number of thiophene rings is 1. The van der Waals surface area contributed by atoms with Crippen LogP contribution in [0.4, 0.5) is 4.79 Å². The van der Waals surface area contributed by atoms with E-state index in [1.54, 1.807) is 23.5 Å². The highest BCUT2D eigenvalue weighted by molar-refractivity contribution is 7.07. The third-order valence-electron chi connectivity index (χ3n) is 2.81. The highest BCUT2D eigenvalue weighted by Crippen LogP contribution is 2.25. The van der Waals surface area contributed by atoms with Gasteiger partial charge >= 0.3 is 6.03 Å². The van der Waals surface area contributed by atoms with E-state index >= 15 is 0 Å². The van der Waals surface area contributed by atoms with Gasteiger partial charge in [0.2, 0.25) is 0 Å². The number of amides is 2. The number of hydrogen-bond acceptors (Lipinski definition) is 2. The molecule has 0 aliphatic rings. The van der Waals surface area contributed by atoms with E-state index in [2.05, 4.69) is 10.6 Å². The van der Waals surface area contributed by atoms with E-state index in [4.69, 9.17) is 23.2 Å². The van der Waals surface area contributed by atoms with Gasteiger partial charge in [0.1, 0.15) is 0 Å². The van der Waals surface area contributed by atoms with Gasteiger partial charge in [-0.15, -0.1) is 0 Å². The molecule has 2 amide bonds. The van der Waals surface area contributed by atoms with Crippen LogP contribution in [-0.2, 0) is 6.54 Å². The minimum absolute atomic E-state index is 0.192. The molecular weight excluding hydrogens is 315 g/mol. The van der Waals surface area contributed by atoms with Gasteiger partial charge in [0, 0.05) is 16.6 Å². The molecule has 2 N–H and O–H groups in total. The summed E-state index contributed by atoms with van der Waals surface area (Å²) in [4.78, 5) is 11.8. The maximum absolute atomic E-state index is 11.8. The first-order chi connectivity index (χ1) is 9.56. The van der Waals surface area contributed by atoms with Crippen LogP contribution in [-0.4, -0.2) is 6.03 Å².